The lowest BCUT2D eigenvalue weighted by molar-refractivity contribution is -0.122. The van der Waals surface area contributed by atoms with Crippen LogP contribution in [0.2, 0.25) is 0 Å². The number of carbonyl (C=O) groups is 2. The topological polar surface area (TPSA) is 55.4 Å². The molecule has 2 heterocycles. The molecule has 1 aromatic heterocycles. The second-order valence-corrected chi connectivity index (χ2v) is 7.51. The number of thiophene rings is 1. The largest absolute Gasteiger partial charge is 0.493 e. The monoisotopic (exact) mass is 343 g/mol. The summed E-state index contributed by atoms with van der Waals surface area (Å²) in [7, 11) is 0. The number of amides is 1. The number of benzene rings is 1. The van der Waals surface area contributed by atoms with Crippen LogP contribution in [0.4, 0.5) is 0 Å². The molecular weight excluding hydrogens is 322 g/mol. The highest BCUT2D eigenvalue weighted by Crippen LogP contribution is 2.31. The zero-order valence-electron chi connectivity index (χ0n) is 13.9. The van der Waals surface area contributed by atoms with Crippen molar-refractivity contribution >= 4 is 23.0 Å². The Morgan fingerprint density at radius 1 is 1.25 bits per heavy atom. The number of para-hydroxylation sites is 1. The molecule has 1 N–H and O–H groups in total. The van der Waals surface area contributed by atoms with Gasteiger partial charge in [-0.3, -0.25) is 9.59 Å². The molecule has 0 aliphatic carbocycles. The molecule has 2 aromatic rings. The third-order valence-corrected chi connectivity index (χ3v) is 5.18. The van der Waals surface area contributed by atoms with Gasteiger partial charge in [-0.15, -0.1) is 11.3 Å². The summed E-state index contributed by atoms with van der Waals surface area (Å²) >= 11 is 1.62. The Labute approximate surface area is 145 Å². The van der Waals surface area contributed by atoms with Gasteiger partial charge in [-0.2, -0.15) is 0 Å². The number of fused-ring (bicyclic) bond motifs is 1. The summed E-state index contributed by atoms with van der Waals surface area (Å²) in [6.45, 7) is 4.53. The van der Waals surface area contributed by atoms with Gasteiger partial charge < -0.3 is 10.1 Å². The van der Waals surface area contributed by atoms with Gasteiger partial charge in [0.25, 0.3) is 0 Å². The van der Waals surface area contributed by atoms with E-state index in [1.165, 1.54) is 0 Å². The summed E-state index contributed by atoms with van der Waals surface area (Å²) in [4.78, 5) is 26.7. The minimum Gasteiger partial charge on any atom is -0.493 e. The van der Waals surface area contributed by atoms with Crippen molar-refractivity contribution in [3.8, 4) is 5.75 Å². The van der Waals surface area contributed by atoms with Crippen molar-refractivity contribution < 1.29 is 14.3 Å². The van der Waals surface area contributed by atoms with E-state index in [2.05, 4.69) is 5.32 Å². The zero-order valence-corrected chi connectivity index (χ0v) is 14.7. The van der Waals surface area contributed by atoms with Gasteiger partial charge >= 0.3 is 0 Å². The van der Waals surface area contributed by atoms with E-state index in [0.29, 0.717) is 6.61 Å². The standard InChI is InChI=1S/C19H21NO3S/c1-12-11-15(13(2)24-12)17(21)7-8-19(22)20-16-9-10-23-18-6-4-3-5-14(16)18/h3-6,11,16H,7-10H2,1-2H3,(H,20,22). The summed E-state index contributed by atoms with van der Waals surface area (Å²) in [5.74, 6) is 0.781. The fraction of sp³-hybridized carbons (Fsp3) is 0.368. The molecule has 1 atom stereocenters. The second kappa shape index (κ2) is 7.18. The molecule has 0 spiro atoms. The molecule has 3 rings (SSSR count). The van der Waals surface area contributed by atoms with Crippen molar-refractivity contribution in [3.05, 3.63) is 51.2 Å². The maximum atomic E-state index is 12.3. The zero-order chi connectivity index (χ0) is 17.1. The molecule has 1 aliphatic heterocycles. The maximum Gasteiger partial charge on any atom is 0.220 e. The van der Waals surface area contributed by atoms with E-state index in [1.807, 2.05) is 44.2 Å². The lowest BCUT2D eigenvalue weighted by atomic mass is 10.00. The Bertz CT molecular complexity index is 766. The quantitative estimate of drug-likeness (QED) is 0.836. The molecule has 0 fully saturated rings. The number of aryl methyl sites for hydroxylation is 2. The van der Waals surface area contributed by atoms with Gasteiger partial charge in [0.05, 0.1) is 12.6 Å². The highest BCUT2D eigenvalue weighted by Gasteiger charge is 2.23. The van der Waals surface area contributed by atoms with E-state index < -0.39 is 0 Å². The number of carbonyl (C=O) groups excluding carboxylic acids is 2. The van der Waals surface area contributed by atoms with Crippen molar-refractivity contribution in [2.75, 3.05) is 6.61 Å². The molecule has 1 amide bonds. The first kappa shape index (κ1) is 16.7. The number of ether oxygens (including phenoxy) is 1. The van der Waals surface area contributed by atoms with E-state index >= 15 is 0 Å². The molecule has 4 nitrogen and oxygen atoms in total. The van der Waals surface area contributed by atoms with Gasteiger partial charge in [-0.05, 0) is 26.0 Å². The fourth-order valence-electron chi connectivity index (χ4n) is 3.03. The Morgan fingerprint density at radius 3 is 2.79 bits per heavy atom. The highest BCUT2D eigenvalue weighted by atomic mass is 32.1. The summed E-state index contributed by atoms with van der Waals surface area (Å²) in [6, 6.07) is 9.63. The minimum absolute atomic E-state index is 0.0392. The van der Waals surface area contributed by atoms with E-state index in [4.69, 9.17) is 4.74 Å². The minimum atomic E-state index is -0.0883. The smallest absolute Gasteiger partial charge is 0.220 e. The van der Waals surface area contributed by atoms with E-state index in [0.717, 1.165) is 33.1 Å². The van der Waals surface area contributed by atoms with Gasteiger partial charge in [0.15, 0.2) is 5.78 Å². The molecule has 126 valence electrons. The average molecular weight is 343 g/mol. The first-order chi connectivity index (χ1) is 11.5. The molecule has 1 aromatic carbocycles. The van der Waals surface area contributed by atoms with Crippen LogP contribution in [-0.4, -0.2) is 18.3 Å². The van der Waals surface area contributed by atoms with Crippen molar-refractivity contribution in [3.63, 3.8) is 0 Å². The van der Waals surface area contributed by atoms with Crippen LogP contribution < -0.4 is 10.1 Å². The fourth-order valence-corrected chi connectivity index (χ4v) is 3.97. The van der Waals surface area contributed by atoms with Crippen LogP contribution in [-0.2, 0) is 4.79 Å². The highest BCUT2D eigenvalue weighted by molar-refractivity contribution is 7.12. The Kier molecular flexibility index (Phi) is 5.00. The lowest BCUT2D eigenvalue weighted by Gasteiger charge is -2.26. The van der Waals surface area contributed by atoms with E-state index in [1.54, 1.807) is 11.3 Å². The molecular formula is C19H21NO3S. The Morgan fingerprint density at radius 2 is 2.04 bits per heavy atom. The van der Waals surface area contributed by atoms with Crippen LogP contribution in [0.15, 0.2) is 30.3 Å². The average Bonchev–Trinajstić information content (AvgIpc) is 2.91. The number of rotatable bonds is 5. The van der Waals surface area contributed by atoms with Gasteiger partial charge in [-0.1, -0.05) is 18.2 Å². The Balaban J connectivity index is 1.57. The SMILES string of the molecule is Cc1cc(C(=O)CCC(=O)NC2CCOc3ccccc32)c(C)s1. The number of Topliss-reactive ketones (excluding diaryl/α,β-unsaturated/α-hetero) is 1. The van der Waals surface area contributed by atoms with Crippen LogP contribution in [0.25, 0.3) is 0 Å². The third kappa shape index (κ3) is 3.67. The first-order valence-corrected chi connectivity index (χ1v) is 8.97. The Hall–Kier alpha value is -2.14. The first-order valence-electron chi connectivity index (χ1n) is 8.16. The molecule has 24 heavy (non-hydrogen) atoms. The predicted octanol–water partition coefficient (Wildman–Crippen LogP) is 3.97. The van der Waals surface area contributed by atoms with Crippen LogP contribution in [0.1, 0.15) is 51.0 Å². The van der Waals surface area contributed by atoms with Crippen LogP contribution >= 0.6 is 11.3 Å². The number of hydrogen-bond donors (Lipinski definition) is 1. The molecule has 0 saturated heterocycles. The molecule has 0 saturated carbocycles. The van der Waals surface area contributed by atoms with Crippen molar-refractivity contribution in [1.82, 2.24) is 5.32 Å². The summed E-state index contributed by atoms with van der Waals surface area (Å²) < 4.78 is 5.60. The number of nitrogens with one attached hydrogen (secondary N) is 1. The summed E-state index contributed by atoms with van der Waals surface area (Å²) in [5, 5.41) is 3.03. The van der Waals surface area contributed by atoms with Gasteiger partial charge in [-0.25, -0.2) is 0 Å². The third-order valence-electron chi connectivity index (χ3n) is 4.21. The molecule has 0 radical (unpaired) electrons. The van der Waals surface area contributed by atoms with Crippen LogP contribution in [0, 0.1) is 13.8 Å². The molecule has 0 bridgehead atoms. The summed E-state index contributed by atoms with van der Waals surface area (Å²) in [5.41, 5.74) is 1.76. The predicted molar refractivity (Wildman–Crippen MR) is 94.8 cm³/mol. The van der Waals surface area contributed by atoms with Crippen LogP contribution in [0.5, 0.6) is 5.75 Å². The van der Waals surface area contributed by atoms with Crippen molar-refractivity contribution in [2.24, 2.45) is 0 Å². The second-order valence-electron chi connectivity index (χ2n) is 6.05. The lowest BCUT2D eigenvalue weighted by Crippen LogP contribution is -2.32. The number of ketones is 1. The van der Waals surface area contributed by atoms with Gasteiger partial charge in [0.2, 0.25) is 5.91 Å². The molecule has 1 aliphatic rings. The molecule has 1 unspecified atom stereocenters. The van der Waals surface area contributed by atoms with Crippen molar-refractivity contribution in [1.29, 1.82) is 0 Å². The van der Waals surface area contributed by atoms with Crippen molar-refractivity contribution in [2.45, 2.75) is 39.2 Å². The number of hydrogen-bond acceptors (Lipinski definition) is 4. The van der Waals surface area contributed by atoms with E-state index in [9.17, 15) is 9.59 Å². The van der Waals surface area contributed by atoms with E-state index in [-0.39, 0.29) is 30.6 Å². The van der Waals surface area contributed by atoms with Gasteiger partial charge in [0.1, 0.15) is 5.75 Å². The summed E-state index contributed by atoms with van der Waals surface area (Å²) in [6.07, 6.45) is 1.21. The normalized spacial score (nSPS) is 16.2. The maximum absolute atomic E-state index is 12.3. The molecule has 5 heteroatoms. The van der Waals surface area contributed by atoms with Gasteiger partial charge in [0, 0.05) is 40.1 Å². The van der Waals surface area contributed by atoms with Crippen LogP contribution in [0.3, 0.4) is 0 Å².